The molecule has 2 N–H and O–H groups in total. The molecule has 0 atom stereocenters. The third-order valence-electron chi connectivity index (χ3n) is 5.45. The summed E-state index contributed by atoms with van der Waals surface area (Å²) in [6, 6.07) is 7.98. The van der Waals surface area contributed by atoms with Gasteiger partial charge in [0.05, 0.1) is 18.1 Å². The van der Waals surface area contributed by atoms with Crippen LogP contribution >= 0.6 is 0 Å². The molecule has 1 saturated heterocycles. The molecule has 1 aliphatic rings. The Bertz CT molecular complexity index is 971. The number of nitrogens with one attached hydrogen (secondary N) is 2. The van der Waals surface area contributed by atoms with Crippen molar-refractivity contribution >= 4 is 29.0 Å². The van der Waals surface area contributed by atoms with Gasteiger partial charge in [-0.05, 0) is 56.6 Å². The molecule has 1 fully saturated rings. The zero-order chi connectivity index (χ0) is 23.1. The Morgan fingerprint density at radius 3 is 2.59 bits per heavy atom. The summed E-state index contributed by atoms with van der Waals surface area (Å²) in [4.78, 5) is 41.8. The van der Waals surface area contributed by atoms with Crippen LogP contribution in [0.25, 0.3) is 0 Å². The van der Waals surface area contributed by atoms with Crippen LogP contribution in [-0.4, -0.2) is 53.4 Å². The molecule has 10 nitrogen and oxygen atoms in total. The highest BCUT2D eigenvalue weighted by molar-refractivity contribution is 5.93. The van der Waals surface area contributed by atoms with Crippen LogP contribution in [0.2, 0.25) is 0 Å². The van der Waals surface area contributed by atoms with Gasteiger partial charge in [0.25, 0.3) is 5.69 Å². The Kier molecular flexibility index (Phi) is 7.72. The molecule has 2 heterocycles. The van der Waals surface area contributed by atoms with Crippen LogP contribution in [0.3, 0.4) is 0 Å². The molecule has 2 amide bonds. The van der Waals surface area contributed by atoms with E-state index in [2.05, 4.69) is 20.5 Å². The first-order valence-corrected chi connectivity index (χ1v) is 10.4. The van der Waals surface area contributed by atoms with E-state index in [9.17, 15) is 19.7 Å². The van der Waals surface area contributed by atoms with Gasteiger partial charge in [0.2, 0.25) is 11.8 Å². The van der Waals surface area contributed by atoms with Crippen molar-refractivity contribution in [1.82, 2.24) is 9.88 Å². The lowest BCUT2D eigenvalue weighted by Crippen LogP contribution is -2.39. The molecule has 2 aromatic rings. The minimum Gasteiger partial charge on any atom is -0.496 e. The molecule has 0 bridgehead atoms. The maximum atomic E-state index is 12.5. The van der Waals surface area contributed by atoms with E-state index in [1.54, 1.807) is 18.3 Å². The number of piperidine rings is 1. The number of nitrogens with zero attached hydrogens (tertiary/aromatic N) is 3. The third kappa shape index (κ3) is 6.24. The van der Waals surface area contributed by atoms with Crippen molar-refractivity contribution in [2.45, 2.75) is 26.2 Å². The fraction of sp³-hybridized carbons (Fsp3) is 0.409. The van der Waals surface area contributed by atoms with Gasteiger partial charge in [0.1, 0.15) is 17.3 Å². The van der Waals surface area contributed by atoms with Crippen LogP contribution in [0.15, 0.2) is 36.5 Å². The summed E-state index contributed by atoms with van der Waals surface area (Å²) in [5, 5.41) is 16.7. The molecule has 170 valence electrons. The van der Waals surface area contributed by atoms with Crippen molar-refractivity contribution in [3.8, 4) is 5.75 Å². The molecule has 0 aliphatic carbocycles. The van der Waals surface area contributed by atoms with Crippen LogP contribution in [0.4, 0.5) is 17.2 Å². The van der Waals surface area contributed by atoms with E-state index >= 15 is 0 Å². The number of rotatable bonds is 8. The first-order chi connectivity index (χ1) is 15.4. The molecular formula is C22H27N5O5. The van der Waals surface area contributed by atoms with Gasteiger partial charge < -0.3 is 20.3 Å². The van der Waals surface area contributed by atoms with Crippen molar-refractivity contribution in [3.05, 3.63) is 52.2 Å². The molecule has 1 aromatic carbocycles. The van der Waals surface area contributed by atoms with Crippen molar-refractivity contribution in [2.75, 3.05) is 37.4 Å². The zero-order valence-electron chi connectivity index (χ0n) is 18.2. The number of pyridine rings is 1. The van der Waals surface area contributed by atoms with Crippen LogP contribution < -0.4 is 15.4 Å². The number of methoxy groups -OCH3 is 1. The average molecular weight is 441 g/mol. The van der Waals surface area contributed by atoms with Crippen LogP contribution in [-0.2, 0) is 9.59 Å². The highest BCUT2D eigenvalue weighted by Crippen LogP contribution is 2.29. The fourth-order valence-electron chi connectivity index (χ4n) is 3.56. The lowest BCUT2D eigenvalue weighted by Gasteiger charge is -2.31. The number of aromatic nitrogens is 1. The van der Waals surface area contributed by atoms with Gasteiger partial charge in [0, 0.05) is 25.1 Å². The number of hydrogen-bond donors (Lipinski definition) is 2. The molecule has 1 aliphatic heterocycles. The van der Waals surface area contributed by atoms with Gasteiger partial charge in [-0.3, -0.25) is 19.7 Å². The minimum absolute atomic E-state index is 0.0365. The first kappa shape index (κ1) is 23.1. The smallest absolute Gasteiger partial charge is 0.296 e. The highest BCUT2D eigenvalue weighted by atomic mass is 16.6. The maximum absolute atomic E-state index is 12.5. The summed E-state index contributed by atoms with van der Waals surface area (Å²) in [6.07, 6.45) is 3.31. The van der Waals surface area contributed by atoms with E-state index in [4.69, 9.17) is 4.74 Å². The zero-order valence-corrected chi connectivity index (χ0v) is 18.2. The molecule has 3 rings (SSSR count). The highest BCUT2D eigenvalue weighted by Gasteiger charge is 2.25. The maximum Gasteiger partial charge on any atom is 0.296 e. The molecule has 0 saturated carbocycles. The Labute approximate surface area is 186 Å². The van der Waals surface area contributed by atoms with E-state index < -0.39 is 4.92 Å². The number of ether oxygens (including phenoxy) is 1. The predicted molar refractivity (Wildman–Crippen MR) is 120 cm³/mol. The number of amides is 2. The number of aryl methyl sites for hydroxylation is 1. The fourth-order valence-corrected chi connectivity index (χ4v) is 3.56. The summed E-state index contributed by atoms with van der Waals surface area (Å²) in [5.74, 6) is 0.464. The first-order valence-electron chi connectivity index (χ1n) is 10.4. The molecular weight excluding hydrogens is 414 g/mol. The number of benzene rings is 1. The topological polar surface area (TPSA) is 127 Å². The van der Waals surface area contributed by atoms with Gasteiger partial charge >= 0.3 is 0 Å². The Morgan fingerprint density at radius 1 is 1.22 bits per heavy atom. The molecule has 32 heavy (non-hydrogen) atoms. The predicted octanol–water partition coefficient (Wildman–Crippen LogP) is 2.99. The SMILES string of the molecule is COc1ccc(NC(=O)CCN2CCC(C(=O)Nc3ccc(C)cn3)CC2)c([N+](=O)[O-])c1. The number of anilines is 2. The second kappa shape index (κ2) is 10.7. The van der Waals surface area contributed by atoms with Crippen molar-refractivity contribution in [2.24, 2.45) is 5.92 Å². The van der Waals surface area contributed by atoms with Gasteiger partial charge in [-0.2, -0.15) is 0 Å². The number of carbonyl (C=O) groups is 2. The van der Waals surface area contributed by atoms with E-state index in [0.717, 1.165) is 5.56 Å². The van der Waals surface area contributed by atoms with E-state index in [1.807, 2.05) is 13.0 Å². The number of nitro benzene ring substituents is 1. The Hall–Kier alpha value is -3.53. The number of carbonyl (C=O) groups excluding carboxylic acids is 2. The average Bonchev–Trinajstić information content (AvgIpc) is 2.79. The van der Waals surface area contributed by atoms with Crippen molar-refractivity contribution in [3.63, 3.8) is 0 Å². The largest absolute Gasteiger partial charge is 0.496 e. The third-order valence-corrected chi connectivity index (χ3v) is 5.45. The monoisotopic (exact) mass is 441 g/mol. The lowest BCUT2D eigenvalue weighted by atomic mass is 9.96. The Balaban J connectivity index is 1.44. The summed E-state index contributed by atoms with van der Waals surface area (Å²) >= 11 is 0. The molecule has 0 spiro atoms. The van der Waals surface area contributed by atoms with Gasteiger partial charge in [0.15, 0.2) is 0 Å². The van der Waals surface area contributed by atoms with E-state index in [-0.39, 0.29) is 35.5 Å². The summed E-state index contributed by atoms with van der Waals surface area (Å²) < 4.78 is 5.00. The van der Waals surface area contributed by atoms with E-state index in [0.29, 0.717) is 44.0 Å². The standard InChI is InChI=1S/C22H27N5O5/c1-15-3-6-20(23-14-15)25-22(29)16-7-10-26(11-8-16)12-9-21(28)24-18-5-4-17(32-2)13-19(18)27(30)31/h3-6,13-14,16H,7-12H2,1-2H3,(H,24,28)(H,23,25,29). The van der Waals surface area contributed by atoms with Crippen molar-refractivity contribution in [1.29, 1.82) is 0 Å². The van der Waals surface area contributed by atoms with Crippen molar-refractivity contribution < 1.29 is 19.2 Å². The van der Waals surface area contributed by atoms with Crippen LogP contribution in [0.5, 0.6) is 5.75 Å². The Morgan fingerprint density at radius 2 is 1.97 bits per heavy atom. The van der Waals surface area contributed by atoms with Crippen LogP contribution in [0, 0.1) is 23.0 Å². The minimum atomic E-state index is -0.555. The normalized spacial score (nSPS) is 14.6. The van der Waals surface area contributed by atoms with Gasteiger partial charge in [-0.1, -0.05) is 6.07 Å². The summed E-state index contributed by atoms with van der Waals surface area (Å²) in [7, 11) is 1.42. The van der Waals surface area contributed by atoms with Gasteiger partial charge in [-0.25, -0.2) is 4.98 Å². The second-order valence-corrected chi connectivity index (χ2v) is 7.76. The van der Waals surface area contributed by atoms with Crippen LogP contribution in [0.1, 0.15) is 24.8 Å². The quantitative estimate of drug-likeness (QED) is 0.476. The number of likely N-dealkylation sites (tertiary alicyclic amines) is 1. The second-order valence-electron chi connectivity index (χ2n) is 7.76. The van der Waals surface area contributed by atoms with Gasteiger partial charge in [-0.15, -0.1) is 0 Å². The number of hydrogen-bond acceptors (Lipinski definition) is 7. The molecule has 1 aromatic heterocycles. The number of nitro groups is 1. The summed E-state index contributed by atoms with van der Waals surface area (Å²) in [5.41, 5.74) is 0.954. The molecule has 0 radical (unpaired) electrons. The molecule has 10 heteroatoms. The molecule has 0 unspecified atom stereocenters. The van der Waals surface area contributed by atoms with E-state index in [1.165, 1.54) is 19.2 Å². The lowest BCUT2D eigenvalue weighted by molar-refractivity contribution is -0.384. The summed E-state index contributed by atoms with van der Waals surface area (Å²) in [6.45, 7) is 3.86.